The molecule has 1 aromatic rings. The third kappa shape index (κ3) is 4.71. The third-order valence-electron chi connectivity index (χ3n) is 8.53. The van der Waals surface area contributed by atoms with Crippen LogP contribution in [0.4, 0.5) is 5.69 Å². The molecule has 0 aliphatic heterocycles. The van der Waals surface area contributed by atoms with Crippen LogP contribution in [0.25, 0.3) is 0 Å². The Morgan fingerprint density at radius 2 is 1.71 bits per heavy atom. The number of phenolic OH excluding ortho intramolecular Hbond substituents is 1. The van der Waals surface area contributed by atoms with E-state index in [0.29, 0.717) is 11.3 Å². The van der Waals surface area contributed by atoms with Gasteiger partial charge in [0, 0.05) is 37.8 Å². The molecule has 0 heterocycles. The SMILES string of the molecule is CN(C)CC(=O)NCc1cc(N(C)C)c2c(c1O)C(=O)C1C(=O)[C@@]3(O)C(=O)C(C(N)=O)C(=O)C(N(C)C)[C@H]3C[C@H]1C2. The maximum atomic E-state index is 14.0. The summed E-state index contributed by atoms with van der Waals surface area (Å²) in [5.74, 6) is -11.3. The molecule has 0 radical (unpaired) electrons. The number of nitrogens with one attached hydrogen (secondary N) is 1. The molecular formula is C28H37N5O8. The summed E-state index contributed by atoms with van der Waals surface area (Å²) in [5, 5.41) is 25.7. The van der Waals surface area contributed by atoms with Crippen molar-refractivity contribution in [2.24, 2.45) is 29.4 Å². The van der Waals surface area contributed by atoms with E-state index in [-0.39, 0.29) is 43.0 Å². The number of hydrogen-bond donors (Lipinski definition) is 4. The van der Waals surface area contributed by atoms with Crippen molar-refractivity contribution in [2.45, 2.75) is 31.0 Å². The molecule has 13 nitrogen and oxygen atoms in total. The van der Waals surface area contributed by atoms with Crippen molar-refractivity contribution >= 4 is 40.6 Å². The molecule has 3 unspecified atom stereocenters. The lowest BCUT2D eigenvalue weighted by atomic mass is 9.52. The normalized spacial score (nSPS) is 29.2. The average Bonchev–Trinajstić information content (AvgIpc) is 2.84. The standard InChI is InChI=1S/C28H37N5O8/c1-31(2)11-17(34)30-10-13-9-16(32(3)4)14-7-12-8-15-21(33(5)6)24(37)20(27(29)40)26(39)28(15,41)25(38)18(12)23(36)19(14)22(13)35/h9,12,15,18,20-21,35,41H,7-8,10-11H2,1-6H3,(H2,29,40)(H,30,34)/t12-,15-,18?,20?,21?,28-/m1/s1. The molecule has 0 aromatic heterocycles. The van der Waals surface area contributed by atoms with Gasteiger partial charge in [-0.3, -0.25) is 33.7 Å². The molecule has 41 heavy (non-hydrogen) atoms. The Kier molecular flexibility index (Phi) is 7.84. The Hall–Kier alpha value is -3.68. The Bertz CT molecular complexity index is 1360. The van der Waals surface area contributed by atoms with Gasteiger partial charge in [0.1, 0.15) is 5.75 Å². The number of ketones is 4. The lowest BCUT2D eigenvalue weighted by molar-refractivity contribution is -0.181. The van der Waals surface area contributed by atoms with Crippen molar-refractivity contribution in [1.82, 2.24) is 15.1 Å². The molecule has 6 atom stereocenters. The number of aromatic hydroxyl groups is 1. The Morgan fingerprint density at radius 1 is 1.07 bits per heavy atom. The van der Waals surface area contributed by atoms with Crippen molar-refractivity contribution in [2.75, 3.05) is 53.7 Å². The van der Waals surface area contributed by atoms with Gasteiger partial charge < -0.3 is 31.1 Å². The minimum Gasteiger partial charge on any atom is -0.507 e. The van der Waals surface area contributed by atoms with E-state index >= 15 is 0 Å². The van der Waals surface area contributed by atoms with Crippen molar-refractivity contribution in [1.29, 1.82) is 0 Å². The van der Waals surface area contributed by atoms with Crippen molar-refractivity contribution < 1.29 is 39.0 Å². The first kappa shape index (κ1) is 30.3. The predicted octanol–water partition coefficient (Wildman–Crippen LogP) is -1.89. The number of phenols is 1. The van der Waals surface area contributed by atoms with Crippen molar-refractivity contribution in [3.05, 3.63) is 22.8 Å². The fourth-order valence-corrected chi connectivity index (χ4v) is 6.78. The Balaban J connectivity index is 1.81. The molecule has 0 saturated heterocycles. The van der Waals surface area contributed by atoms with Gasteiger partial charge in [-0.1, -0.05) is 0 Å². The van der Waals surface area contributed by atoms with Crippen LogP contribution in [0.2, 0.25) is 0 Å². The van der Waals surface area contributed by atoms with Crippen LogP contribution in [-0.2, 0) is 36.9 Å². The summed E-state index contributed by atoms with van der Waals surface area (Å²) in [6, 6.07) is 0.512. The molecule has 3 aliphatic carbocycles. The molecular weight excluding hydrogens is 534 g/mol. The van der Waals surface area contributed by atoms with Gasteiger partial charge in [0.2, 0.25) is 11.8 Å². The molecule has 0 bridgehead atoms. The quantitative estimate of drug-likeness (QED) is 0.268. The third-order valence-corrected chi connectivity index (χ3v) is 8.53. The lowest BCUT2D eigenvalue weighted by Gasteiger charge is -2.52. The number of nitrogens with two attached hydrogens (primary N) is 1. The lowest BCUT2D eigenvalue weighted by Crippen LogP contribution is -2.74. The number of hydrogen-bond acceptors (Lipinski definition) is 11. The number of carbonyl (C=O) groups excluding carboxylic acids is 6. The van der Waals surface area contributed by atoms with Crippen LogP contribution in [0.1, 0.15) is 27.9 Å². The van der Waals surface area contributed by atoms with Gasteiger partial charge in [0.15, 0.2) is 34.7 Å². The van der Waals surface area contributed by atoms with E-state index in [4.69, 9.17) is 5.73 Å². The fourth-order valence-electron chi connectivity index (χ4n) is 6.78. The van der Waals surface area contributed by atoms with Gasteiger partial charge in [-0.15, -0.1) is 0 Å². The molecule has 2 fully saturated rings. The number of likely N-dealkylation sites (N-methyl/N-ethyl adjacent to an activating group) is 2. The van der Waals surface area contributed by atoms with Crippen LogP contribution < -0.4 is 16.0 Å². The number of carbonyl (C=O) groups is 6. The first-order valence-electron chi connectivity index (χ1n) is 13.3. The molecule has 2 amide bonds. The minimum atomic E-state index is -2.78. The Labute approximate surface area is 237 Å². The van der Waals surface area contributed by atoms with E-state index in [1.54, 1.807) is 44.1 Å². The van der Waals surface area contributed by atoms with Crippen LogP contribution in [0.3, 0.4) is 0 Å². The number of Topliss-reactive ketones (excluding diaryl/α,β-unsaturated/α-hetero) is 4. The van der Waals surface area contributed by atoms with Crippen molar-refractivity contribution in [3.8, 4) is 5.75 Å². The second-order valence-electron chi connectivity index (χ2n) is 12.0. The van der Waals surface area contributed by atoms with Crippen LogP contribution in [-0.4, -0.2) is 115 Å². The van der Waals surface area contributed by atoms with Crippen LogP contribution in [0.5, 0.6) is 5.75 Å². The van der Waals surface area contributed by atoms with E-state index in [2.05, 4.69) is 5.32 Å². The van der Waals surface area contributed by atoms with Crippen LogP contribution in [0.15, 0.2) is 6.07 Å². The topological polar surface area (TPSA) is 191 Å². The largest absolute Gasteiger partial charge is 0.507 e. The highest BCUT2D eigenvalue weighted by Crippen LogP contribution is 2.52. The summed E-state index contributed by atoms with van der Waals surface area (Å²) >= 11 is 0. The molecule has 5 N–H and O–H groups in total. The zero-order valence-electron chi connectivity index (χ0n) is 24.1. The smallest absolute Gasteiger partial charge is 0.235 e. The molecule has 3 aliphatic rings. The molecule has 1 aromatic carbocycles. The van der Waals surface area contributed by atoms with E-state index in [1.165, 1.54) is 19.0 Å². The van der Waals surface area contributed by atoms with Gasteiger partial charge in [-0.25, -0.2) is 0 Å². The molecule has 222 valence electrons. The van der Waals surface area contributed by atoms with E-state index in [0.717, 1.165) is 0 Å². The molecule has 4 rings (SSSR count). The van der Waals surface area contributed by atoms with Gasteiger partial charge in [-0.05, 0) is 58.6 Å². The average molecular weight is 572 g/mol. The summed E-state index contributed by atoms with van der Waals surface area (Å²) in [5.41, 5.74) is 3.81. The highest BCUT2D eigenvalue weighted by atomic mass is 16.3. The molecule has 13 heteroatoms. The predicted molar refractivity (Wildman–Crippen MR) is 146 cm³/mol. The summed E-state index contributed by atoms with van der Waals surface area (Å²) in [6.07, 6.45) is 0.125. The number of rotatable bonds is 7. The zero-order chi connectivity index (χ0) is 30.7. The highest BCUT2D eigenvalue weighted by molar-refractivity contribution is 6.32. The van der Waals surface area contributed by atoms with Gasteiger partial charge in [-0.2, -0.15) is 0 Å². The van der Waals surface area contributed by atoms with Crippen LogP contribution >= 0.6 is 0 Å². The number of benzene rings is 1. The summed E-state index contributed by atoms with van der Waals surface area (Å²) < 4.78 is 0. The van der Waals surface area contributed by atoms with Gasteiger partial charge in [0.05, 0.1) is 24.1 Å². The fraction of sp³-hybridized carbons (Fsp3) is 0.571. The minimum absolute atomic E-state index is 0.0279. The summed E-state index contributed by atoms with van der Waals surface area (Å²) in [7, 11) is 10.0. The van der Waals surface area contributed by atoms with Crippen LogP contribution in [0, 0.1) is 23.7 Å². The van der Waals surface area contributed by atoms with Crippen molar-refractivity contribution in [3.63, 3.8) is 0 Å². The number of amides is 2. The zero-order valence-corrected chi connectivity index (χ0v) is 24.1. The van der Waals surface area contributed by atoms with Gasteiger partial charge >= 0.3 is 0 Å². The first-order chi connectivity index (χ1) is 19.0. The summed E-state index contributed by atoms with van der Waals surface area (Å²) in [6.45, 7) is 0.0271. The first-order valence-corrected chi connectivity index (χ1v) is 13.3. The maximum absolute atomic E-state index is 14.0. The van der Waals surface area contributed by atoms with E-state index in [9.17, 15) is 39.0 Å². The van der Waals surface area contributed by atoms with Gasteiger partial charge in [0.25, 0.3) is 0 Å². The maximum Gasteiger partial charge on any atom is 0.235 e. The summed E-state index contributed by atoms with van der Waals surface area (Å²) in [4.78, 5) is 83.9. The monoisotopic (exact) mass is 571 g/mol. The number of anilines is 1. The number of fused-ring (bicyclic) bond motifs is 3. The van der Waals surface area contributed by atoms with E-state index < -0.39 is 70.1 Å². The second-order valence-corrected chi connectivity index (χ2v) is 12.0. The number of aliphatic hydroxyl groups is 1. The van der Waals surface area contributed by atoms with E-state index in [1.807, 2.05) is 0 Å². The molecule has 2 saturated carbocycles. The molecule has 0 spiro atoms. The highest BCUT2D eigenvalue weighted by Gasteiger charge is 2.69. The second kappa shape index (κ2) is 10.6. The number of nitrogens with zero attached hydrogens (tertiary/aromatic N) is 3. The number of primary amides is 1. The Morgan fingerprint density at radius 3 is 2.24 bits per heavy atom.